The molecule has 0 unspecified atom stereocenters. The number of rotatable bonds is 3. The molecule has 6 heteroatoms. The highest BCUT2D eigenvalue weighted by atomic mass is 19.4. The molecular formula is C15H9F4NO. The molecule has 0 amide bonds. The van der Waals surface area contributed by atoms with Crippen LogP contribution < -0.4 is 4.74 Å². The molecule has 0 saturated heterocycles. The van der Waals surface area contributed by atoms with Crippen LogP contribution in [0.1, 0.15) is 16.7 Å². The molecule has 0 bridgehead atoms. The molecule has 0 radical (unpaired) electrons. The van der Waals surface area contributed by atoms with Crippen molar-refractivity contribution < 1.29 is 22.3 Å². The summed E-state index contributed by atoms with van der Waals surface area (Å²) in [6, 6.07) is 10.1. The molecule has 0 atom stereocenters. The quantitative estimate of drug-likeness (QED) is 0.791. The van der Waals surface area contributed by atoms with Crippen molar-refractivity contribution in [2.45, 2.75) is 12.8 Å². The summed E-state index contributed by atoms with van der Waals surface area (Å²) in [5.41, 5.74) is -0.931. The van der Waals surface area contributed by atoms with Crippen LogP contribution in [0.2, 0.25) is 0 Å². The standard InChI is InChI=1S/C15H9F4NO/c16-13-4-2-1-3-10(13)9-21-14-6-5-12(15(17,18)19)7-11(14)8-20/h1-7H,9H2. The summed E-state index contributed by atoms with van der Waals surface area (Å²) < 4.78 is 56.3. The number of alkyl halides is 3. The van der Waals surface area contributed by atoms with Crippen LogP contribution in [0, 0.1) is 17.1 Å². The number of ether oxygens (including phenoxy) is 1. The fourth-order valence-electron chi connectivity index (χ4n) is 1.69. The van der Waals surface area contributed by atoms with Gasteiger partial charge in [-0.1, -0.05) is 18.2 Å². The van der Waals surface area contributed by atoms with E-state index in [1.165, 1.54) is 18.2 Å². The summed E-state index contributed by atoms with van der Waals surface area (Å²) in [7, 11) is 0. The maximum Gasteiger partial charge on any atom is 0.416 e. The smallest absolute Gasteiger partial charge is 0.416 e. The molecule has 0 heterocycles. The van der Waals surface area contributed by atoms with E-state index in [9.17, 15) is 17.6 Å². The second kappa shape index (κ2) is 5.83. The van der Waals surface area contributed by atoms with Gasteiger partial charge in [-0.25, -0.2) is 4.39 Å². The van der Waals surface area contributed by atoms with Crippen LogP contribution in [0.4, 0.5) is 17.6 Å². The van der Waals surface area contributed by atoms with Crippen molar-refractivity contribution in [3.63, 3.8) is 0 Å². The molecule has 0 fully saturated rings. The number of hydrogen-bond donors (Lipinski definition) is 0. The molecule has 21 heavy (non-hydrogen) atoms. The van der Waals surface area contributed by atoms with Gasteiger partial charge in [0.05, 0.1) is 11.1 Å². The zero-order valence-electron chi connectivity index (χ0n) is 10.6. The molecule has 0 spiro atoms. The molecule has 0 saturated carbocycles. The fraction of sp³-hybridized carbons (Fsp3) is 0.133. The SMILES string of the molecule is N#Cc1cc(C(F)(F)F)ccc1OCc1ccccc1F. The molecule has 2 rings (SSSR count). The molecule has 0 aliphatic carbocycles. The Labute approximate surface area is 118 Å². The van der Waals surface area contributed by atoms with Gasteiger partial charge in [0.15, 0.2) is 0 Å². The Balaban J connectivity index is 2.22. The van der Waals surface area contributed by atoms with Gasteiger partial charge < -0.3 is 4.74 Å². The van der Waals surface area contributed by atoms with Crippen molar-refractivity contribution in [2.75, 3.05) is 0 Å². The molecule has 0 aliphatic rings. The topological polar surface area (TPSA) is 33.0 Å². The molecule has 2 nitrogen and oxygen atoms in total. The van der Waals surface area contributed by atoms with Gasteiger partial charge in [-0.3, -0.25) is 0 Å². The summed E-state index contributed by atoms with van der Waals surface area (Å²) in [6.07, 6.45) is -4.53. The van der Waals surface area contributed by atoms with Crippen LogP contribution in [0.25, 0.3) is 0 Å². The van der Waals surface area contributed by atoms with Gasteiger partial charge in [-0.2, -0.15) is 18.4 Å². The highest BCUT2D eigenvalue weighted by Crippen LogP contribution is 2.32. The van der Waals surface area contributed by atoms with E-state index in [0.717, 1.165) is 12.1 Å². The first kappa shape index (κ1) is 14.9. The van der Waals surface area contributed by atoms with Crippen molar-refractivity contribution >= 4 is 0 Å². The van der Waals surface area contributed by atoms with E-state index in [1.54, 1.807) is 12.1 Å². The molecular weight excluding hydrogens is 286 g/mol. The third kappa shape index (κ3) is 3.51. The lowest BCUT2D eigenvalue weighted by molar-refractivity contribution is -0.137. The van der Waals surface area contributed by atoms with E-state index < -0.39 is 17.6 Å². The largest absolute Gasteiger partial charge is 0.487 e. The van der Waals surface area contributed by atoms with Crippen molar-refractivity contribution in [2.24, 2.45) is 0 Å². The van der Waals surface area contributed by atoms with Crippen molar-refractivity contribution in [3.8, 4) is 11.8 Å². The van der Waals surface area contributed by atoms with Crippen molar-refractivity contribution in [1.82, 2.24) is 0 Å². The Morgan fingerprint density at radius 1 is 1.10 bits per heavy atom. The van der Waals surface area contributed by atoms with Crippen LogP contribution in [0.5, 0.6) is 5.75 Å². The monoisotopic (exact) mass is 295 g/mol. The molecule has 108 valence electrons. The van der Waals surface area contributed by atoms with E-state index in [1.807, 2.05) is 0 Å². The summed E-state index contributed by atoms with van der Waals surface area (Å²) in [5, 5.41) is 8.89. The predicted octanol–water partition coefficient (Wildman–Crippen LogP) is 4.30. The number of benzene rings is 2. The van der Waals surface area contributed by atoms with Gasteiger partial charge in [0.1, 0.15) is 24.2 Å². The van der Waals surface area contributed by atoms with Crippen LogP contribution in [-0.2, 0) is 12.8 Å². The summed E-state index contributed by atoms with van der Waals surface area (Å²) in [4.78, 5) is 0. The lowest BCUT2D eigenvalue weighted by atomic mass is 10.1. The second-order valence-corrected chi connectivity index (χ2v) is 4.20. The first-order valence-electron chi connectivity index (χ1n) is 5.89. The summed E-state index contributed by atoms with van der Waals surface area (Å²) >= 11 is 0. The van der Waals surface area contributed by atoms with Crippen molar-refractivity contribution in [3.05, 3.63) is 65.0 Å². The van der Waals surface area contributed by atoms with Gasteiger partial charge in [0.2, 0.25) is 0 Å². The molecule has 0 aromatic heterocycles. The summed E-state index contributed by atoms with van der Waals surface area (Å²) in [5.74, 6) is -0.503. The number of hydrogen-bond acceptors (Lipinski definition) is 2. The van der Waals surface area contributed by atoms with E-state index in [-0.39, 0.29) is 23.5 Å². The Bertz CT molecular complexity index is 689. The normalized spacial score (nSPS) is 11.0. The fourth-order valence-corrected chi connectivity index (χ4v) is 1.69. The Kier molecular flexibility index (Phi) is 4.13. The highest BCUT2D eigenvalue weighted by molar-refractivity contribution is 5.46. The lowest BCUT2D eigenvalue weighted by Crippen LogP contribution is -2.06. The molecule has 0 aliphatic heterocycles. The zero-order valence-corrected chi connectivity index (χ0v) is 10.6. The third-order valence-corrected chi connectivity index (χ3v) is 2.77. The maximum absolute atomic E-state index is 13.4. The van der Waals surface area contributed by atoms with Gasteiger partial charge in [0, 0.05) is 5.56 Å². The Morgan fingerprint density at radius 2 is 1.81 bits per heavy atom. The summed E-state index contributed by atoms with van der Waals surface area (Å²) in [6.45, 7) is -0.174. The van der Waals surface area contributed by atoms with Crippen LogP contribution >= 0.6 is 0 Å². The molecule has 2 aromatic carbocycles. The average Bonchev–Trinajstić information content (AvgIpc) is 2.45. The lowest BCUT2D eigenvalue weighted by Gasteiger charge is -2.11. The number of halogens is 4. The van der Waals surface area contributed by atoms with Gasteiger partial charge in [-0.15, -0.1) is 0 Å². The first-order valence-corrected chi connectivity index (χ1v) is 5.89. The van der Waals surface area contributed by atoms with Gasteiger partial charge in [-0.05, 0) is 24.3 Å². The van der Waals surface area contributed by atoms with Crippen LogP contribution in [0.15, 0.2) is 42.5 Å². The van der Waals surface area contributed by atoms with Gasteiger partial charge in [0.25, 0.3) is 0 Å². The zero-order chi connectivity index (χ0) is 15.5. The maximum atomic E-state index is 13.4. The molecule has 0 N–H and O–H groups in total. The van der Waals surface area contributed by atoms with E-state index in [4.69, 9.17) is 10.00 Å². The average molecular weight is 295 g/mol. The van der Waals surface area contributed by atoms with E-state index in [0.29, 0.717) is 6.07 Å². The Morgan fingerprint density at radius 3 is 2.43 bits per heavy atom. The Hall–Kier alpha value is -2.55. The van der Waals surface area contributed by atoms with Crippen LogP contribution in [0.3, 0.4) is 0 Å². The third-order valence-electron chi connectivity index (χ3n) is 2.77. The minimum Gasteiger partial charge on any atom is -0.487 e. The minimum absolute atomic E-state index is 0.0197. The minimum atomic E-state index is -4.53. The predicted molar refractivity (Wildman–Crippen MR) is 66.9 cm³/mol. The van der Waals surface area contributed by atoms with E-state index in [2.05, 4.69) is 0 Å². The molecule has 2 aromatic rings. The first-order chi connectivity index (χ1) is 9.91. The highest BCUT2D eigenvalue weighted by Gasteiger charge is 2.31. The second-order valence-electron chi connectivity index (χ2n) is 4.20. The van der Waals surface area contributed by atoms with Gasteiger partial charge >= 0.3 is 6.18 Å². The van der Waals surface area contributed by atoms with Crippen LogP contribution in [-0.4, -0.2) is 0 Å². The number of nitriles is 1. The number of nitrogens with zero attached hydrogens (tertiary/aromatic N) is 1. The van der Waals surface area contributed by atoms with E-state index >= 15 is 0 Å². The van der Waals surface area contributed by atoms with Crippen molar-refractivity contribution in [1.29, 1.82) is 5.26 Å².